The topological polar surface area (TPSA) is 56.0 Å². The van der Waals surface area contributed by atoms with Crippen molar-refractivity contribution in [3.8, 4) is 0 Å². The van der Waals surface area contributed by atoms with E-state index < -0.39 is 0 Å². The highest BCUT2D eigenvalue weighted by atomic mass is 32.1. The Hall–Kier alpha value is -0.900. The Morgan fingerprint density at radius 3 is 2.83 bits per heavy atom. The van der Waals surface area contributed by atoms with E-state index in [0.29, 0.717) is 11.0 Å². The first-order valence-electron chi connectivity index (χ1n) is 3.95. The number of nitrogens with two attached hydrogens (primary N) is 1. The fourth-order valence-electron chi connectivity index (χ4n) is 1.23. The van der Waals surface area contributed by atoms with Gasteiger partial charge in [-0.15, -0.1) is 0 Å². The molecule has 1 aliphatic carbocycles. The maximum Gasteiger partial charge on any atom is 0.180 e. The SMILES string of the molecule is CC(=O)c1sc(N)nc1C1CC1. The molecule has 1 heterocycles. The van der Waals surface area contributed by atoms with Crippen molar-refractivity contribution < 1.29 is 4.79 Å². The average molecular weight is 182 g/mol. The van der Waals surface area contributed by atoms with Crippen molar-refractivity contribution in [1.82, 2.24) is 4.98 Å². The van der Waals surface area contributed by atoms with Crippen LogP contribution in [0.15, 0.2) is 0 Å². The largest absolute Gasteiger partial charge is 0.375 e. The summed E-state index contributed by atoms with van der Waals surface area (Å²) in [5.41, 5.74) is 6.47. The summed E-state index contributed by atoms with van der Waals surface area (Å²) in [6, 6.07) is 0. The van der Waals surface area contributed by atoms with Crippen LogP contribution in [0.3, 0.4) is 0 Å². The summed E-state index contributed by atoms with van der Waals surface area (Å²) in [5, 5.41) is 0.516. The molecule has 4 heteroatoms. The lowest BCUT2D eigenvalue weighted by Gasteiger charge is -1.92. The number of hydrogen-bond acceptors (Lipinski definition) is 4. The highest BCUT2D eigenvalue weighted by Crippen LogP contribution is 2.43. The Labute approximate surface area is 74.6 Å². The lowest BCUT2D eigenvalue weighted by molar-refractivity contribution is 0.102. The number of anilines is 1. The van der Waals surface area contributed by atoms with Crippen LogP contribution in [0, 0.1) is 0 Å². The molecule has 0 saturated heterocycles. The maximum absolute atomic E-state index is 11.1. The fourth-order valence-corrected chi connectivity index (χ4v) is 2.05. The van der Waals surface area contributed by atoms with Gasteiger partial charge in [-0.2, -0.15) is 0 Å². The standard InChI is InChI=1S/C8H10N2OS/c1-4(11)7-6(5-2-3-5)10-8(9)12-7/h5H,2-3H2,1H3,(H2,9,10). The van der Waals surface area contributed by atoms with Crippen LogP contribution in [0.25, 0.3) is 0 Å². The summed E-state index contributed by atoms with van der Waals surface area (Å²) in [6.45, 7) is 1.57. The summed E-state index contributed by atoms with van der Waals surface area (Å²) < 4.78 is 0. The molecule has 2 N–H and O–H groups in total. The van der Waals surface area contributed by atoms with E-state index in [1.54, 1.807) is 6.92 Å². The van der Waals surface area contributed by atoms with Crippen molar-refractivity contribution in [1.29, 1.82) is 0 Å². The normalized spacial score (nSPS) is 16.4. The first-order valence-corrected chi connectivity index (χ1v) is 4.77. The summed E-state index contributed by atoms with van der Waals surface area (Å²) in [4.78, 5) is 16.1. The van der Waals surface area contributed by atoms with Crippen LogP contribution >= 0.6 is 11.3 Å². The van der Waals surface area contributed by atoms with Crippen LogP contribution in [0.5, 0.6) is 0 Å². The summed E-state index contributed by atoms with van der Waals surface area (Å²) in [6.07, 6.45) is 2.31. The Morgan fingerprint density at radius 1 is 1.67 bits per heavy atom. The third-order valence-corrected chi connectivity index (χ3v) is 2.95. The molecular formula is C8H10N2OS. The van der Waals surface area contributed by atoms with Gasteiger partial charge in [0.2, 0.25) is 0 Å². The molecule has 0 bridgehead atoms. The first-order chi connectivity index (χ1) is 5.68. The fraction of sp³-hybridized carbons (Fsp3) is 0.500. The second-order valence-electron chi connectivity index (χ2n) is 3.10. The number of Topliss-reactive ketones (excluding diaryl/α,β-unsaturated/α-hetero) is 1. The van der Waals surface area contributed by atoms with Crippen LogP contribution in [0.2, 0.25) is 0 Å². The number of thiazole rings is 1. The Morgan fingerprint density at radius 2 is 2.33 bits per heavy atom. The number of nitrogens with zero attached hydrogens (tertiary/aromatic N) is 1. The molecule has 0 atom stereocenters. The number of ketones is 1. The van der Waals surface area contributed by atoms with Gasteiger partial charge in [-0.05, 0) is 12.8 Å². The molecule has 1 fully saturated rings. The number of hydrogen-bond donors (Lipinski definition) is 1. The third-order valence-electron chi connectivity index (χ3n) is 1.95. The number of nitrogen functional groups attached to an aromatic ring is 1. The quantitative estimate of drug-likeness (QED) is 0.709. The van der Waals surface area contributed by atoms with E-state index in [1.807, 2.05) is 0 Å². The van der Waals surface area contributed by atoms with Crippen LogP contribution in [-0.2, 0) is 0 Å². The molecule has 0 aliphatic heterocycles. The summed E-state index contributed by atoms with van der Waals surface area (Å²) in [5.74, 6) is 0.601. The molecule has 12 heavy (non-hydrogen) atoms. The minimum absolute atomic E-state index is 0.0890. The van der Waals surface area contributed by atoms with E-state index in [0.717, 1.165) is 23.4 Å². The highest BCUT2D eigenvalue weighted by molar-refractivity contribution is 7.17. The minimum atomic E-state index is 0.0890. The van der Waals surface area contributed by atoms with Crippen molar-refractivity contribution >= 4 is 22.3 Å². The second-order valence-corrected chi connectivity index (χ2v) is 4.13. The predicted octanol–water partition coefficient (Wildman–Crippen LogP) is 1.81. The van der Waals surface area contributed by atoms with Crippen LogP contribution in [0.4, 0.5) is 5.13 Å². The maximum atomic E-state index is 11.1. The molecule has 0 unspecified atom stereocenters. The monoisotopic (exact) mass is 182 g/mol. The van der Waals surface area contributed by atoms with E-state index in [1.165, 1.54) is 11.3 Å². The summed E-state index contributed by atoms with van der Waals surface area (Å²) >= 11 is 1.31. The van der Waals surface area contributed by atoms with E-state index in [2.05, 4.69) is 4.98 Å². The molecule has 64 valence electrons. The van der Waals surface area contributed by atoms with Gasteiger partial charge < -0.3 is 5.73 Å². The molecule has 0 radical (unpaired) electrons. The number of rotatable bonds is 2. The number of carbonyl (C=O) groups excluding carboxylic acids is 1. The van der Waals surface area contributed by atoms with Crippen molar-refractivity contribution in [3.63, 3.8) is 0 Å². The zero-order valence-corrected chi connectivity index (χ0v) is 7.65. The third kappa shape index (κ3) is 1.22. The Kier molecular flexibility index (Phi) is 1.65. The molecule has 1 aromatic heterocycles. The smallest absolute Gasteiger partial charge is 0.180 e. The molecule has 1 aromatic rings. The molecule has 0 spiro atoms. The molecule has 0 amide bonds. The average Bonchev–Trinajstić information content (AvgIpc) is 2.75. The van der Waals surface area contributed by atoms with Gasteiger partial charge in [0.05, 0.1) is 10.6 Å². The van der Waals surface area contributed by atoms with E-state index in [4.69, 9.17) is 5.73 Å². The van der Waals surface area contributed by atoms with Gasteiger partial charge in [0.25, 0.3) is 0 Å². The van der Waals surface area contributed by atoms with Crippen molar-refractivity contribution in [2.75, 3.05) is 5.73 Å². The van der Waals surface area contributed by atoms with E-state index >= 15 is 0 Å². The van der Waals surface area contributed by atoms with Crippen LogP contribution in [-0.4, -0.2) is 10.8 Å². The lowest BCUT2D eigenvalue weighted by Crippen LogP contribution is -1.93. The van der Waals surface area contributed by atoms with Gasteiger partial charge in [-0.25, -0.2) is 4.98 Å². The minimum Gasteiger partial charge on any atom is -0.375 e. The highest BCUT2D eigenvalue weighted by Gasteiger charge is 2.30. The van der Waals surface area contributed by atoms with Crippen molar-refractivity contribution in [3.05, 3.63) is 10.6 Å². The molecular weight excluding hydrogens is 172 g/mol. The van der Waals surface area contributed by atoms with Gasteiger partial charge in [0, 0.05) is 12.8 Å². The zero-order chi connectivity index (χ0) is 8.72. The lowest BCUT2D eigenvalue weighted by atomic mass is 10.2. The van der Waals surface area contributed by atoms with Gasteiger partial charge in [0.1, 0.15) is 0 Å². The van der Waals surface area contributed by atoms with Gasteiger partial charge >= 0.3 is 0 Å². The molecule has 3 nitrogen and oxygen atoms in total. The number of aromatic nitrogens is 1. The zero-order valence-electron chi connectivity index (χ0n) is 6.83. The molecule has 1 saturated carbocycles. The van der Waals surface area contributed by atoms with Gasteiger partial charge in [-0.1, -0.05) is 11.3 Å². The Bertz CT molecular complexity index is 328. The van der Waals surface area contributed by atoms with E-state index in [-0.39, 0.29) is 5.78 Å². The van der Waals surface area contributed by atoms with Crippen molar-refractivity contribution in [2.24, 2.45) is 0 Å². The van der Waals surface area contributed by atoms with Crippen LogP contribution in [0.1, 0.15) is 41.0 Å². The predicted molar refractivity (Wildman–Crippen MR) is 48.5 cm³/mol. The molecule has 0 aromatic carbocycles. The summed E-state index contributed by atoms with van der Waals surface area (Å²) in [7, 11) is 0. The van der Waals surface area contributed by atoms with Crippen molar-refractivity contribution in [2.45, 2.75) is 25.7 Å². The Balaban J connectivity index is 2.43. The molecule has 2 rings (SSSR count). The second kappa shape index (κ2) is 2.55. The van der Waals surface area contributed by atoms with Gasteiger partial charge in [-0.3, -0.25) is 4.79 Å². The molecule has 1 aliphatic rings. The first kappa shape index (κ1) is 7.73. The van der Waals surface area contributed by atoms with E-state index in [9.17, 15) is 4.79 Å². The number of carbonyl (C=O) groups is 1. The van der Waals surface area contributed by atoms with Gasteiger partial charge in [0.15, 0.2) is 10.9 Å². The van der Waals surface area contributed by atoms with Crippen LogP contribution < -0.4 is 5.73 Å².